The normalized spacial score (nSPS) is 17.4. The van der Waals surface area contributed by atoms with Gasteiger partial charge < -0.3 is 10.6 Å². The van der Waals surface area contributed by atoms with Gasteiger partial charge in [0.15, 0.2) is 5.65 Å². The summed E-state index contributed by atoms with van der Waals surface area (Å²) in [6, 6.07) is 13.2. The number of aromatic nitrogens is 7. The number of nitrogens with one attached hydrogen (secondary N) is 2. The molecule has 0 bridgehead atoms. The average Bonchev–Trinajstić information content (AvgIpc) is 3.54. The molecule has 0 radical (unpaired) electrons. The van der Waals surface area contributed by atoms with Crippen LogP contribution in [0.3, 0.4) is 0 Å². The van der Waals surface area contributed by atoms with Gasteiger partial charge in [-0.15, -0.1) is 0 Å². The highest BCUT2D eigenvalue weighted by Gasteiger charge is 2.30. The summed E-state index contributed by atoms with van der Waals surface area (Å²) in [5.41, 5.74) is 1.93. The molecule has 0 aliphatic heterocycles. The first kappa shape index (κ1) is 24.7. The third-order valence-electron chi connectivity index (χ3n) is 6.63. The Hall–Kier alpha value is -4.65. The van der Waals surface area contributed by atoms with Gasteiger partial charge in [0.05, 0.1) is 17.3 Å². The minimum atomic E-state index is -3.94. The van der Waals surface area contributed by atoms with E-state index in [1.807, 2.05) is 6.92 Å². The zero-order valence-electron chi connectivity index (χ0n) is 21.0. The zero-order chi connectivity index (χ0) is 27.0. The van der Waals surface area contributed by atoms with Gasteiger partial charge in [-0.2, -0.15) is 13.8 Å². The Morgan fingerprint density at radius 2 is 1.62 bits per heavy atom. The fourth-order valence-corrected chi connectivity index (χ4v) is 6.07. The van der Waals surface area contributed by atoms with Crippen LogP contribution < -0.4 is 16.2 Å². The maximum atomic E-state index is 13.7. The van der Waals surface area contributed by atoms with Crippen LogP contribution in [0.25, 0.3) is 16.9 Å². The SMILES string of the molecule is Cc1ccc(S(=O)(=O)n2c(N[C@H]3CC[C@H](Nc4ncc(-n5ncccc5=O)cn4)C3)nc3cccnc32)cc1. The molecule has 2 atom stereocenters. The Kier molecular flexibility index (Phi) is 6.27. The number of pyridine rings is 1. The van der Waals surface area contributed by atoms with E-state index in [0.29, 0.717) is 23.6 Å². The number of fused-ring (bicyclic) bond motifs is 1. The number of hydrogen-bond acceptors (Lipinski definition) is 10. The smallest absolute Gasteiger partial charge is 0.272 e. The Morgan fingerprint density at radius 3 is 2.36 bits per heavy atom. The molecule has 5 aromatic rings. The van der Waals surface area contributed by atoms with E-state index < -0.39 is 10.0 Å². The van der Waals surface area contributed by atoms with Crippen molar-refractivity contribution in [2.45, 2.75) is 43.2 Å². The van der Waals surface area contributed by atoms with Crippen molar-refractivity contribution >= 4 is 33.1 Å². The van der Waals surface area contributed by atoms with Crippen molar-refractivity contribution in [3.05, 3.63) is 89.2 Å². The fourth-order valence-electron chi connectivity index (χ4n) is 4.69. The van der Waals surface area contributed by atoms with Crippen molar-refractivity contribution in [1.29, 1.82) is 0 Å². The maximum absolute atomic E-state index is 13.7. The molecule has 39 heavy (non-hydrogen) atoms. The van der Waals surface area contributed by atoms with Crippen LogP contribution in [-0.4, -0.2) is 54.2 Å². The molecule has 0 saturated heterocycles. The van der Waals surface area contributed by atoms with Crippen LogP contribution in [0.5, 0.6) is 0 Å². The molecule has 1 saturated carbocycles. The van der Waals surface area contributed by atoms with Gasteiger partial charge in [-0.1, -0.05) is 17.7 Å². The fraction of sp³-hybridized carbons (Fsp3) is 0.231. The van der Waals surface area contributed by atoms with E-state index in [-0.39, 0.29) is 34.1 Å². The van der Waals surface area contributed by atoms with E-state index in [4.69, 9.17) is 0 Å². The van der Waals surface area contributed by atoms with Gasteiger partial charge in [0, 0.05) is 30.5 Å². The molecule has 1 aliphatic carbocycles. The molecule has 198 valence electrons. The van der Waals surface area contributed by atoms with Crippen LogP contribution in [0.1, 0.15) is 24.8 Å². The monoisotopic (exact) mass is 543 g/mol. The van der Waals surface area contributed by atoms with Gasteiger partial charge in [-0.05, 0) is 56.5 Å². The topological polar surface area (TPSA) is 150 Å². The van der Waals surface area contributed by atoms with E-state index in [0.717, 1.165) is 18.4 Å². The van der Waals surface area contributed by atoms with E-state index in [2.05, 4.69) is 35.7 Å². The second kappa shape index (κ2) is 9.91. The van der Waals surface area contributed by atoms with Crippen molar-refractivity contribution in [3.8, 4) is 5.69 Å². The van der Waals surface area contributed by atoms with E-state index in [1.54, 1.807) is 61.1 Å². The van der Waals surface area contributed by atoms with Crippen molar-refractivity contribution in [2.24, 2.45) is 0 Å². The minimum absolute atomic E-state index is 0.0300. The lowest BCUT2D eigenvalue weighted by molar-refractivity contribution is 0.588. The summed E-state index contributed by atoms with van der Waals surface area (Å²) < 4.78 is 29.7. The molecule has 2 N–H and O–H groups in total. The van der Waals surface area contributed by atoms with Crippen LogP contribution in [0.15, 0.2) is 83.0 Å². The molecule has 0 unspecified atom stereocenters. The highest BCUT2D eigenvalue weighted by molar-refractivity contribution is 7.90. The Balaban J connectivity index is 1.20. The molecule has 4 heterocycles. The summed E-state index contributed by atoms with van der Waals surface area (Å²) in [5.74, 6) is 0.670. The molecule has 1 aromatic carbocycles. The summed E-state index contributed by atoms with van der Waals surface area (Å²) in [6.45, 7) is 1.91. The molecule has 0 spiro atoms. The predicted molar refractivity (Wildman–Crippen MR) is 145 cm³/mol. The molecule has 13 heteroatoms. The van der Waals surface area contributed by atoms with Crippen LogP contribution in [0.4, 0.5) is 11.9 Å². The van der Waals surface area contributed by atoms with Crippen molar-refractivity contribution in [2.75, 3.05) is 10.6 Å². The summed E-state index contributed by atoms with van der Waals surface area (Å²) in [6.07, 6.45) is 8.48. The van der Waals surface area contributed by atoms with Crippen molar-refractivity contribution in [3.63, 3.8) is 0 Å². The van der Waals surface area contributed by atoms with Gasteiger partial charge in [0.25, 0.3) is 15.6 Å². The molecular formula is C26H25N9O3S. The third kappa shape index (κ3) is 4.83. The Bertz CT molecular complexity index is 1800. The number of imidazole rings is 1. The van der Waals surface area contributed by atoms with Crippen LogP contribution in [-0.2, 0) is 10.0 Å². The van der Waals surface area contributed by atoms with Gasteiger partial charge >= 0.3 is 0 Å². The number of aryl methyl sites for hydroxylation is 1. The minimum Gasteiger partial charge on any atom is -0.352 e. The number of hydrogen-bond donors (Lipinski definition) is 2. The zero-order valence-corrected chi connectivity index (χ0v) is 21.8. The van der Waals surface area contributed by atoms with Gasteiger partial charge in [0.2, 0.25) is 11.9 Å². The van der Waals surface area contributed by atoms with Gasteiger partial charge in [-0.3, -0.25) is 4.79 Å². The molecule has 1 aliphatic rings. The lowest BCUT2D eigenvalue weighted by atomic mass is 10.2. The predicted octanol–water partition coefficient (Wildman–Crippen LogP) is 2.76. The summed E-state index contributed by atoms with van der Waals surface area (Å²) in [5, 5.41) is 10.7. The molecule has 0 amide bonds. The van der Waals surface area contributed by atoms with Crippen LogP contribution in [0, 0.1) is 6.92 Å². The second-order valence-electron chi connectivity index (χ2n) is 9.40. The third-order valence-corrected chi connectivity index (χ3v) is 8.33. The largest absolute Gasteiger partial charge is 0.352 e. The Labute approximate surface area is 223 Å². The standard InChI is InChI=1S/C26H25N9O3S/c1-17-6-10-21(11-7-17)39(37,38)35-24-22(4-2-12-27-24)33-26(35)32-19-9-8-18(14-19)31-25-28-15-20(16-29-25)34-23(36)5-3-13-30-34/h2-7,10-13,15-16,18-19H,8-9,14H2,1H3,(H,32,33)(H,28,29,31)/t18-,19-/m0/s1. The van der Waals surface area contributed by atoms with Crippen LogP contribution in [0.2, 0.25) is 0 Å². The van der Waals surface area contributed by atoms with Crippen molar-refractivity contribution < 1.29 is 8.42 Å². The summed E-state index contributed by atoms with van der Waals surface area (Å²) in [7, 11) is -3.94. The quantitative estimate of drug-likeness (QED) is 0.314. The van der Waals surface area contributed by atoms with Gasteiger partial charge in [-0.25, -0.2) is 28.4 Å². The maximum Gasteiger partial charge on any atom is 0.272 e. The lowest BCUT2D eigenvalue weighted by Crippen LogP contribution is -2.25. The first-order valence-electron chi connectivity index (χ1n) is 12.4. The molecular weight excluding hydrogens is 518 g/mol. The number of anilines is 2. The first-order valence-corrected chi connectivity index (χ1v) is 13.9. The number of benzene rings is 1. The first-order chi connectivity index (χ1) is 18.9. The Morgan fingerprint density at radius 1 is 0.897 bits per heavy atom. The lowest BCUT2D eigenvalue weighted by Gasteiger charge is -2.16. The average molecular weight is 544 g/mol. The second-order valence-corrected chi connectivity index (χ2v) is 11.2. The van der Waals surface area contributed by atoms with Crippen molar-refractivity contribution in [1.82, 2.24) is 33.7 Å². The van der Waals surface area contributed by atoms with E-state index in [1.165, 1.54) is 20.9 Å². The van der Waals surface area contributed by atoms with Gasteiger partial charge in [0.1, 0.15) is 11.2 Å². The summed E-state index contributed by atoms with van der Waals surface area (Å²) in [4.78, 5) is 29.7. The van der Waals surface area contributed by atoms with E-state index >= 15 is 0 Å². The summed E-state index contributed by atoms with van der Waals surface area (Å²) >= 11 is 0. The molecule has 6 rings (SSSR count). The number of rotatable bonds is 7. The highest BCUT2D eigenvalue weighted by atomic mass is 32.2. The molecule has 4 aromatic heterocycles. The molecule has 12 nitrogen and oxygen atoms in total. The number of nitrogens with zero attached hydrogens (tertiary/aromatic N) is 7. The molecule has 1 fully saturated rings. The van der Waals surface area contributed by atoms with E-state index in [9.17, 15) is 13.2 Å². The highest BCUT2D eigenvalue weighted by Crippen LogP contribution is 2.29. The van der Waals surface area contributed by atoms with Crippen LogP contribution >= 0.6 is 0 Å².